The van der Waals surface area contributed by atoms with Crippen molar-refractivity contribution < 1.29 is 22.7 Å². The van der Waals surface area contributed by atoms with Crippen LogP contribution >= 0.6 is 11.8 Å². The lowest BCUT2D eigenvalue weighted by Crippen LogP contribution is -2.48. The molecule has 106 valence electrons. The number of hydrogen-bond acceptors (Lipinski definition) is 5. The lowest BCUT2D eigenvalue weighted by atomic mass is 10.2. The van der Waals surface area contributed by atoms with Gasteiger partial charge in [-0.25, -0.2) is 17.5 Å². The normalized spacial score (nSPS) is 13.2. The highest BCUT2D eigenvalue weighted by Gasteiger charge is 2.23. The van der Waals surface area contributed by atoms with Gasteiger partial charge < -0.3 is 9.90 Å². The molecular formula is C11H13FNO4S2-. The number of halogens is 1. The van der Waals surface area contributed by atoms with Crippen LogP contribution in [0.3, 0.4) is 0 Å². The molecule has 1 N–H and O–H groups in total. The Labute approximate surface area is 115 Å². The van der Waals surface area contributed by atoms with E-state index in [4.69, 9.17) is 0 Å². The van der Waals surface area contributed by atoms with Crippen LogP contribution in [0.4, 0.5) is 4.39 Å². The van der Waals surface area contributed by atoms with Gasteiger partial charge in [0.05, 0.1) is 12.0 Å². The molecule has 0 fully saturated rings. The van der Waals surface area contributed by atoms with Crippen LogP contribution in [0.1, 0.15) is 6.42 Å². The number of thioether (sulfide) groups is 1. The van der Waals surface area contributed by atoms with Gasteiger partial charge in [0.2, 0.25) is 10.0 Å². The fourth-order valence-electron chi connectivity index (χ4n) is 1.37. The SMILES string of the molecule is CSCC[C@@H](NS(=O)(=O)c1ccccc1F)C(=O)[O-]. The van der Waals surface area contributed by atoms with Gasteiger partial charge in [0.25, 0.3) is 0 Å². The van der Waals surface area contributed by atoms with Gasteiger partial charge in [-0.05, 0) is 30.6 Å². The average Bonchev–Trinajstić information content (AvgIpc) is 2.34. The van der Waals surface area contributed by atoms with E-state index in [1.54, 1.807) is 6.26 Å². The Morgan fingerprint density at radius 1 is 1.47 bits per heavy atom. The average molecular weight is 306 g/mol. The topological polar surface area (TPSA) is 86.3 Å². The molecule has 0 heterocycles. The Kier molecular flexibility index (Phi) is 5.77. The summed E-state index contributed by atoms with van der Waals surface area (Å²) >= 11 is 1.37. The summed E-state index contributed by atoms with van der Waals surface area (Å²) in [5.41, 5.74) is 0. The maximum atomic E-state index is 13.4. The van der Waals surface area contributed by atoms with Crippen molar-refractivity contribution in [2.45, 2.75) is 17.4 Å². The predicted octanol–water partition coefficient (Wildman–Crippen LogP) is -0.0244. The first-order chi connectivity index (χ1) is 8.88. The van der Waals surface area contributed by atoms with Crippen molar-refractivity contribution in [3.05, 3.63) is 30.1 Å². The summed E-state index contributed by atoms with van der Waals surface area (Å²) < 4.78 is 39.1. The zero-order valence-corrected chi connectivity index (χ0v) is 11.8. The first-order valence-electron chi connectivity index (χ1n) is 5.35. The highest BCUT2D eigenvalue weighted by atomic mass is 32.2. The van der Waals surface area contributed by atoms with Gasteiger partial charge in [-0.2, -0.15) is 11.8 Å². The van der Waals surface area contributed by atoms with E-state index >= 15 is 0 Å². The Morgan fingerprint density at radius 2 is 2.11 bits per heavy atom. The lowest BCUT2D eigenvalue weighted by molar-refractivity contribution is -0.308. The first-order valence-corrected chi connectivity index (χ1v) is 8.23. The van der Waals surface area contributed by atoms with Gasteiger partial charge in [-0.3, -0.25) is 0 Å². The summed E-state index contributed by atoms with van der Waals surface area (Å²) in [6, 6.07) is 3.38. The van der Waals surface area contributed by atoms with Crippen LogP contribution in [-0.2, 0) is 14.8 Å². The number of carbonyl (C=O) groups excluding carboxylic acids is 1. The Bertz CT molecular complexity index is 547. The van der Waals surface area contributed by atoms with Crippen LogP contribution in [0.25, 0.3) is 0 Å². The molecule has 1 atom stereocenters. The van der Waals surface area contributed by atoms with E-state index in [0.717, 1.165) is 12.1 Å². The zero-order valence-electron chi connectivity index (χ0n) is 10.1. The summed E-state index contributed by atoms with van der Waals surface area (Å²) in [6.45, 7) is 0. The van der Waals surface area contributed by atoms with Gasteiger partial charge in [0.15, 0.2) is 0 Å². The third kappa shape index (κ3) is 4.48. The maximum Gasteiger partial charge on any atom is 0.244 e. The molecule has 0 aliphatic rings. The maximum absolute atomic E-state index is 13.4. The van der Waals surface area contributed by atoms with Crippen LogP contribution in [0.2, 0.25) is 0 Å². The Hall–Kier alpha value is -1.12. The number of carboxylic acid groups (broad SMARTS) is 1. The summed E-state index contributed by atoms with van der Waals surface area (Å²) in [6.07, 6.45) is 1.83. The lowest BCUT2D eigenvalue weighted by Gasteiger charge is -2.19. The second kappa shape index (κ2) is 6.88. The van der Waals surface area contributed by atoms with Gasteiger partial charge in [0, 0.05) is 0 Å². The molecule has 8 heteroatoms. The number of rotatable bonds is 7. The molecule has 0 aliphatic heterocycles. The van der Waals surface area contributed by atoms with Gasteiger partial charge in [0.1, 0.15) is 10.7 Å². The second-order valence-corrected chi connectivity index (χ2v) is 6.37. The Balaban J connectivity index is 2.95. The zero-order chi connectivity index (χ0) is 14.5. The molecule has 0 radical (unpaired) electrons. The number of benzene rings is 1. The van der Waals surface area contributed by atoms with E-state index in [9.17, 15) is 22.7 Å². The molecule has 0 amide bonds. The number of hydrogen-bond donors (Lipinski definition) is 1. The van der Waals surface area contributed by atoms with Gasteiger partial charge in [-0.15, -0.1) is 0 Å². The number of aliphatic carboxylic acids is 1. The highest BCUT2D eigenvalue weighted by molar-refractivity contribution is 7.98. The van der Waals surface area contributed by atoms with E-state index < -0.39 is 32.7 Å². The third-order valence-electron chi connectivity index (χ3n) is 2.32. The van der Waals surface area contributed by atoms with Crippen LogP contribution in [0.15, 0.2) is 29.2 Å². The van der Waals surface area contributed by atoms with Crippen molar-refractivity contribution in [3.63, 3.8) is 0 Å². The Morgan fingerprint density at radius 3 is 2.63 bits per heavy atom. The van der Waals surface area contributed by atoms with Crippen molar-refractivity contribution in [3.8, 4) is 0 Å². The first kappa shape index (κ1) is 15.9. The standard InChI is InChI=1S/C11H14FNO4S2/c1-18-7-6-9(11(14)15)13-19(16,17)10-5-3-2-4-8(10)12/h2-5,9,13H,6-7H2,1H3,(H,14,15)/p-1/t9-/m1/s1. The molecule has 1 aromatic carbocycles. The quantitative estimate of drug-likeness (QED) is 0.765. The van der Waals surface area contributed by atoms with Crippen molar-refractivity contribution in [2.24, 2.45) is 0 Å². The fourth-order valence-corrected chi connectivity index (χ4v) is 3.14. The van der Waals surface area contributed by atoms with Gasteiger partial charge in [-0.1, -0.05) is 12.1 Å². The largest absolute Gasteiger partial charge is 0.548 e. The molecule has 5 nitrogen and oxygen atoms in total. The van der Waals surface area contributed by atoms with E-state index in [-0.39, 0.29) is 6.42 Å². The molecule has 1 aromatic rings. The van der Waals surface area contributed by atoms with Crippen LogP contribution in [0.5, 0.6) is 0 Å². The van der Waals surface area contributed by atoms with Crippen LogP contribution < -0.4 is 9.83 Å². The summed E-state index contributed by atoms with van der Waals surface area (Å²) in [4.78, 5) is 10.3. The second-order valence-electron chi connectivity index (χ2n) is 3.70. The van der Waals surface area contributed by atoms with Gasteiger partial charge >= 0.3 is 0 Å². The van der Waals surface area contributed by atoms with Crippen LogP contribution in [-0.4, -0.2) is 32.4 Å². The summed E-state index contributed by atoms with van der Waals surface area (Å²) in [5, 5.41) is 10.9. The molecule has 0 spiro atoms. The van der Waals surface area contributed by atoms with E-state index in [1.165, 1.54) is 23.9 Å². The van der Waals surface area contributed by atoms with E-state index in [1.807, 2.05) is 4.72 Å². The molecule has 0 aromatic heterocycles. The molecule has 0 saturated heterocycles. The molecule has 0 aliphatic carbocycles. The predicted molar refractivity (Wildman–Crippen MR) is 68.5 cm³/mol. The summed E-state index contributed by atoms with van der Waals surface area (Å²) in [5.74, 6) is -2.02. The van der Waals surface area contributed by atoms with Crippen molar-refractivity contribution in [1.82, 2.24) is 4.72 Å². The van der Waals surface area contributed by atoms with E-state index in [2.05, 4.69) is 0 Å². The smallest absolute Gasteiger partial charge is 0.244 e. The van der Waals surface area contributed by atoms with Crippen LogP contribution in [0, 0.1) is 5.82 Å². The monoisotopic (exact) mass is 306 g/mol. The molecule has 0 saturated carbocycles. The minimum atomic E-state index is -4.22. The molecule has 19 heavy (non-hydrogen) atoms. The number of carboxylic acids is 1. The summed E-state index contributed by atoms with van der Waals surface area (Å²) in [7, 11) is -4.22. The fraction of sp³-hybridized carbons (Fsp3) is 0.364. The number of nitrogens with one attached hydrogen (secondary N) is 1. The minimum absolute atomic E-state index is 0.0666. The third-order valence-corrected chi connectivity index (χ3v) is 4.47. The van der Waals surface area contributed by atoms with Crippen molar-refractivity contribution >= 4 is 27.8 Å². The van der Waals surface area contributed by atoms with E-state index in [0.29, 0.717) is 5.75 Å². The molecular weight excluding hydrogens is 293 g/mol. The van der Waals surface area contributed by atoms with Crippen molar-refractivity contribution in [1.29, 1.82) is 0 Å². The molecule has 0 unspecified atom stereocenters. The molecule has 1 rings (SSSR count). The highest BCUT2D eigenvalue weighted by Crippen LogP contribution is 2.14. The number of carbonyl (C=O) groups is 1. The van der Waals surface area contributed by atoms with Crippen molar-refractivity contribution in [2.75, 3.05) is 12.0 Å². The minimum Gasteiger partial charge on any atom is -0.548 e. The number of sulfonamides is 1. The molecule has 0 bridgehead atoms.